The van der Waals surface area contributed by atoms with Crippen LogP contribution in [-0.2, 0) is 38.0 Å². The summed E-state index contributed by atoms with van der Waals surface area (Å²) in [6.07, 6.45) is 11.9. The van der Waals surface area contributed by atoms with Crippen LogP contribution in [0.25, 0.3) is 0 Å². The minimum atomic E-state index is -1.77. The first-order valence-corrected chi connectivity index (χ1v) is 20.8. The van der Waals surface area contributed by atoms with E-state index >= 15 is 0 Å². The third kappa shape index (κ3) is 20.3. The zero-order chi connectivity index (χ0) is 41.8. The summed E-state index contributed by atoms with van der Waals surface area (Å²) >= 11 is 0. The number of hydrogen-bond acceptors (Lipinski definition) is 15. The minimum absolute atomic E-state index is 0.118. The molecule has 0 aliphatic carbocycles. The van der Waals surface area contributed by atoms with Crippen molar-refractivity contribution in [1.82, 2.24) is 0 Å². The van der Waals surface area contributed by atoms with Gasteiger partial charge in [0, 0.05) is 12.8 Å². The molecule has 5 unspecified atom stereocenters. The molecule has 7 N–H and O–H groups in total. The van der Waals surface area contributed by atoms with Crippen LogP contribution in [0, 0.1) is 0 Å². The molecule has 0 aromatic carbocycles. The van der Waals surface area contributed by atoms with Crippen LogP contribution in [0.2, 0.25) is 0 Å². The van der Waals surface area contributed by atoms with Crippen molar-refractivity contribution >= 4 is 11.9 Å². The first kappa shape index (κ1) is 50.6. The van der Waals surface area contributed by atoms with Gasteiger partial charge in [0.2, 0.25) is 0 Å². The van der Waals surface area contributed by atoms with Crippen LogP contribution in [0.4, 0.5) is 0 Å². The van der Waals surface area contributed by atoms with Gasteiger partial charge in [-0.2, -0.15) is 0 Å². The highest BCUT2D eigenvalue weighted by molar-refractivity contribution is 5.70. The number of esters is 2. The van der Waals surface area contributed by atoms with Gasteiger partial charge in [-0.3, -0.25) is 9.59 Å². The summed E-state index contributed by atoms with van der Waals surface area (Å²) < 4.78 is 33.2. The zero-order valence-electron chi connectivity index (χ0n) is 33.8. The van der Waals surface area contributed by atoms with Gasteiger partial charge >= 0.3 is 11.9 Å². The van der Waals surface area contributed by atoms with Crippen LogP contribution in [0.5, 0.6) is 0 Å². The molecule has 2 fully saturated rings. The smallest absolute Gasteiger partial charge is 0.306 e. The molecule has 0 aromatic rings. The lowest BCUT2D eigenvalue weighted by Crippen LogP contribution is -2.61. The predicted molar refractivity (Wildman–Crippen MR) is 210 cm³/mol. The molecular formula is C42H70O15. The molecule has 0 saturated carbocycles. The van der Waals surface area contributed by atoms with Gasteiger partial charge in [0.05, 0.1) is 19.8 Å². The van der Waals surface area contributed by atoms with Gasteiger partial charge in [-0.15, -0.1) is 0 Å². The SMILES string of the molecule is CC/C=C/C=C/C=C/C=C/CCCCCC(=O)OC(COC(=O)CCCCCCCCCC)CO[C@@H]1O[C@H](CO[C@@H]2O[C@H](CO)[C@H](O)C(O)C2O)[C@H](O)C(O)C1O. The van der Waals surface area contributed by atoms with E-state index in [-0.39, 0.29) is 19.4 Å². The van der Waals surface area contributed by atoms with E-state index in [2.05, 4.69) is 26.0 Å². The van der Waals surface area contributed by atoms with E-state index < -0.39 is 99.3 Å². The Balaban J connectivity index is 1.91. The molecule has 2 heterocycles. The second-order valence-electron chi connectivity index (χ2n) is 14.5. The third-order valence-corrected chi connectivity index (χ3v) is 9.67. The molecule has 0 radical (unpaired) electrons. The summed E-state index contributed by atoms with van der Waals surface area (Å²) in [4.78, 5) is 25.4. The van der Waals surface area contributed by atoms with E-state index in [1.807, 2.05) is 36.5 Å². The van der Waals surface area contributed by atoms with Crippen molar-refractivity contribution in [1.29, 1.82) is 0 Å². The largest absolute Gasteiger partial charge is 0.462 e. The van der Waals surface area contributed by atoms with Gasteiger partial charge in [0.1, 0.15) is 55.4 Å². The Bertz CT molecular complexity index is 1190. The van der Waals surface area contributed by atoms with Crippen LogP contribution in [-0.4, -0.2) is 142 Å². The minimum Gasteiger partial charge on any atom is -0.462 e. The fourth-order valence-electron chi connectivity index (χ4n) is 6.17. The number of ether oxygens (including phenoxy) is 6. The van der Waals surface area contributed by atoms with E-state index in [1.165, 1.54) is 25.7 Å². The summed E-state index contributed by atoms with van der Waals surface area (Å²) in [6.45, 7) is 2.32. The molecule has 2 aliphatic rings. The van der Waals surface area contributed by atoms with Crippen molar-refractivity contribution in [2.75, 3.05) is 26.4 Å². The van der Waals surface area contributed by atoms with Gasteiger partial charge in [-0.05, 0) is 32.1 Å². The summed E-state index contributed by atoms with van der Waals surface area (Å²) in [7, 11) is 0. The Labute approximate surface area is 337 Å². The average molecular weight is 815 g/mol. The standard InChI is InChI=1S/C42H70O15/c1-3-5-7-9-11-13-14-15-16-17-19-21-23-25-34(45)55-30(27-52-33(44)24-22-20-18-12-10-8-6-4-2)28-53-41-40(51)38(49)36(47)32(57-41)29-54-42-39(50)37(48)35(46)31(26-43)56-42/h5,7,9,11,13-16,30-32,35-43,46-51H,3-4,6,8,10,12,17-29H2,1-2H3/b7-5+,11-9+,14-13+,16-15+/t30?,31-,32-,35+,36+,37?,38?,39?,40?,41-,42-/m1/s1. The molecule has 328 valence electrons. The Morgan fingerprint density at radius 2 is 1.11 bits per heavy atom. The fourth-order valence-corrected chi connectivity index (χ4v) is 6.17. The topological polar surface area (TPSA) is 231 Å². The van der Waals surface area contributed by atoms with Gasteiger partial charge in [-0.25, -0.2) is 0 Å². The van der Waals surface area contributed by atoms with Crippen molar-refractivity contribution in [3.63, 3.8) is 0 Å². The molecule has 15 nitrogen and oxygen atoms in total. The second kappa shape index (κ2) is 30.5. The van der Waals surface area contributed by atoms with Crippen molar-refractivity contribution < 1.29 is 73.8 Å². The number of carbonyl (C=O) groups excluding carboxylic acids is 2. The first-order chi connectivity index (χ1) is 27.5. The number of unbranched alkanes of at least 4 members (excludes halogenated alkanes) is 10. The van der Waals surface area contributed by atoms with Gasteiger partial charge in [0.15, 0.2) is 18.7 Å². The van der Waals surface area contributed by atoms with Crippen LogP contribution >= 0.6 is 0 Å². The molecule has 0 spiro atoms. The molecule has 57 heavy (non-hydrogen) atoms. The summed E-state index contributed by atoms with van der Waals surface area (Å²) in [5.74, 6) is -0.983. The van der Waals surface area contributed by atoms with E-state index in [0.29, 0.717) is 12.8 Å². The van der Waals surface area contributed by atoms with Crippen molar-refractivity contribution in [2.45, 2.75) is 178 Å². The summed E-state index contributed by atoms with van der Waals surface area (Å²) in [5, 5.41) is 71.6. The second-order valence-corrected chi connectivity index (χ2v) is 14.5. The molecule has 2 aliphatic heterocycles. The highest BCUT2D eigenvalue weighted by Crippen LogP contribution is 2.26. The van der Waals surface area contributed by atoms with Crippen LogP contribution < -0.4 is 0 Å². The Morgan fingerprint density at radius 3 is 1.74 bits per heavy atom. The summed E-state index contributed by atoms with van der Waals surface area (Å²) in [5.41, 5.74) is 0. The molecule has 15 heteroatoms. The number of aliphatic hydroxyl groups excluding tert-OH is 7. The van der Waals surface area contributed by atoms with Crippen molar-refractivity contribution in [2.24, 2.45) is 0 Å². The maximum atomic E-state index is 12.8. The van der Waals surface area contributed by atoms with E-state index in [4.69, 9.17) is 28.4 Å². The lowest BCUT2D eigenvalue weighted by atomic mass is 9.98. The molecule has 11 atom stereocenters. The highest BCUT2D eigenvalue weighted by Gasteiger charge is 2.47. The molecular weight excluding hydrogens is 744 g/mol. The van der Waals surface area contributed by atoms with E-state index in [1.54, 1.807) is 0 Å². The molecule has 0 amide bonds. The van der Waals surface area contributed by atoms with Crippen LogP contribution in [0.1, 0.15) is 110 Å². The van der Waals surface area contributed by atoms with Gasteiger partial charge in [0.25, 0.3) is 0 Å². The Hall–Kier alpha value is -2.54. The maximum absolute atomic E-state index is 12.8. The van der Waals surface area contributed by atoms with Crippen LogP contribution in [0.3, 0.4) is 0 Å². The van der Waals surface area contributed by atoms with E-state index in [9.17, 15) is 45.3 Å². The third-order valence-electron chi connectivity index (χ3n) is 9.67. The van der Waals surface area contributed by atoms with Crippen LogP contribution in [0.15, 0.2) is 48.6 Å². The summed E-state index contributed by atoms with van der Waals surface area (Å²) in [6, 6.07) is 0. The van der Waals surface area contributed by atoms with Gasteiger partial charge < -0.3 is 64.2 Å². The number of allylic oxidation sites excluding steroid dienone is 8. The predicted octanol–water partition coefficient (Wildman–Crippen LogP) is 3.20. The lowest BCUT2D eigenvalue weighted by Gasteiger charge is -2.42. The highest BCUT2D eigenvalue weighted by atomic mass is 16.7. The van der Waals surface area contributed by atoms with Crippen molar-refractivity contribution in [3.05, 3.63) is 48.6 Å². The average Bonchev–Trinajstić information content (AvgIpc) is 3.20. The van der Waals surface area contributed by atoms with Crippen molar-refractivity contribution in [3.8, 4) is 0 Å². The molecule has 2 rings (SSSR count). The monoisotopic (exact) mass is 814 g/mol. The Morgan fingerprint density at radius 1 is 0.579 bits per heavy atom. The molecule has 0 aromatic heterocycles. The van der Waals surface area contributed by atoms with Gasteiger partial charge in [-0.1, -0.05) is 114 Å². The zero-order valence-corrected chi connectivity index (χ0v) is 33.8. The number of carbonyl (C=O) groups is 2. The number of aliphatic hydroxyl groups is 7. The Kier molecular flexibility index (Phi) is 27.1. The molecule has 2 saturated heterocycles. The fraction of sp³-hybridized carbons (Fsp3) is 0.762. The normalized spacial score (nSPS) is 28.9. The first-order valence-electron chi connectivity index (χ1n) is 20.8. The maximum Gasteiger partial charge on any atom is 0.306 e. The lowest BCUT2D eigenvalue weighted by molar-refractivity contribution is -0.332. The number of hydrogen-bond donors (Lipinski definition) is 7. The quantitative estimate of drug-likeness (QED) is 0.0327. The number of rotatable bonds is 29. The van der Waals surface area contributed by atoms with E-state index in [0.717, 1.165) is 44.9 Å². The molecule has 0 bridgehead atoms.